The van der Waals surface area contributed by atoms with Crippen molar-refractivity contribution in [3.63, 3.8) is 0 Å². The zero-order valence-electron chi connectivity index (χ0n) is 20.0. The molecule has 2 aliphatic rings. The van der Waals surface area contributed by atoms with Gasteiger partial charge in [0.05, 0.1) is 5.01 Å². The number of thiocarbonyl (C=S) groups is 1. The van der Waals surface area contributed by atoms with Gasteiger partial charge in [0.15, 0.2) is 5.11 Å². The fourth-order valence-electron chi connectivity index (χ4n) is 4.70. The number of rotatable bonds is 5. The molecule has 2 aromatic rings. The number of terminal acetylenes is 1. The van der Waals surface area contributed by atoms with E-state index >= 15 is 0 Å². The highest BCUT2D eigenvalue weighted by Gasteiger charge is 2.33. The lowest BCUT2D eigenvalue weighted by Crippen LogP contribution is -2.48. The number of piperidine rings is 1. The van der Waals surface area contributed by atoms with E-state index in [1.54, 1.807) is 11.3 Å². The molecule has 0 spiro atoms. The van der Waals surface area contributed by atoms with Crippen LogP contribution in [0.4, 0.5) is 11.4 Å². The van der Waals surface area contributed by atoms with E-state index in [1.165, 1.54) is 6.42 Å². The fourth-order valence-corrected chi connectivity index (χ4v) is 5.97. The molecule has 180 valence electrons. The normalized spacial score (nSPS) is 18.1. The van der Waals surface area contributed by atoms with Crippen LogP contribution in [-0.4, -0.2) is 53.6 Å². The summed E-state index contributed by atoms with van der Waals surface area (Å²) in [5.41, 5.74) is 2.12. The number of hydrogen-bond acceptors (Lipinski definition) is 5. The third-order valence-corrected chi connectivity index (χ3v) is 8.22. The maximum absolute atomic E-state index is 12.8. The van der Waals surface area contributed by atoms with Gasteiger partial charge in [0.1, 0.15) is 11.2 Å². The van der Waals surface area contributed by atoms with E-state index in [9.17, 15) is 4.79 Å². The summed E-state index contributed by atoms with van der Waals surface area (Å²) in [6, 6.07) is 8.25. The molecular weight excluding hydrogens is 462 g/mol. The van der Waals surface area contributed by atoms with Crippen LogP contribution in [0.3, 0.4) is 0 Å². The largest absolute Gasteiger partial charge is 0.378 e. The van der Waals surface area contributed by atoms with Crippen molar-refractivity contribution in [2.75, 3.05) is 37.4 Å². The first kappa shape index (κ1) is 24.5. The van der Waals surface area contributed by atoms with E-state index in [0.29, 0.717) is 11.6 Å². The lowest BCUT2D eigenvalue weighted by atomic mass is 9.82. The summed E-state index contributed by atoms with van der Waals surface area (Å²) < 4.78 is 0. The molecule has 0 bridgehead atoms. The van der Waals surface area contributed by atoms with Crippen molar-refractivity contribution in [3.05, 3.63) is 40.3 Å². The third-order valence-electron chi connectivity index (χ3n) is 6.86. The van der Waals surface area contributed by atoms with Crippen molar-refractivity contribution >= 4 is 45.9 Å². The summed E-state index contributed by atoms with van der Waals surface area (Å²) in [6.45, 7) is 1.74. The molecular formula is C26H33N5OS2. The Balaban J connectivity index is 1.29. The number of carbonyl (C=O) groups is 1. The number of carbonyl (C=O) groups excluding carboxylic acids is 1. The van der Waals surface area contributed by atoms with Gasteiger partial charge in [0, 0.05) is 49.9 Å². The SMILES string of the molecule is C#CC1(NC(=O)c2csc(C3CCN(C(=S)Nc4ccc(N(C)C)cc4)CC3)n2)CCCCC1. The Morgan fingerprint density at radius 3 is 2.50 bits per heavy atom. The van der Waals surface area contributed by atoms with Crippen LogP contribution in [0.15, 0.2) is 29.6 Å². The van der Waals surface area contributed by atoms with Crippen LogP contribution >= 0.6 is 23.6 Å². The molecule has 1 aliphatic heterocycles. The molecule has 1 aliphatic carbocycles. The predicted octanol–water partition coefficient (Wildman–Crippen LogP) is 4.85. The first-order chi connectivity index (χ1) is 16.4. The van der Waals surface area contributed by atoms with E-state index in [2.05, 4.69) is 38.5 Å². The molecule has 1 saturated heterocycles. The first-order valence-electron chi connectivity index (χ1n) is 12.0. The van der Waals surface area contributed by atoms with Crippen molar-refractivity contribution in [1.29, 1.82) is 0 Å². The number of likely N-dealkylation sites (tertiary alicyclic amines) is 1. The van der Waals surface area contributed by atoms with Crippen LogP contribution in [0.5, 0.6) is 0 Å². The summed E-state index contributed by atoms with van der Waals surface area (Å²) >= 11 is 7.23. The van der Waals surface area contributed by atoms with E-state index in [4.69, 9.17) is 23.6 Å². The van der Waals surface area contributed by atoms with Crippen LogP contribution in [0.1, 0.15) is 66.4 Å². The molecule has 6 nitrogen and oxygen atoms in total. The van der Waals surface area contributed by atoms with Gasteiger partial charge in [-0.15, -0.1) is 17.8 Å². The Bertz CT molecular complexity index is 1040. The summed E-state index contributed by atoms with van der Waals surface area (Å²) in [5, 5.41) is 10.1. The minimum atomic E-state index is -0.514. The number of hydrogen-bond donors (Lipinski definition) is 2. The average Bonchev–Trinajstić information content (AvgIpc) is 3.36. The minimum Gasteiger partial charge on any atom is -0.378 e. The van der Waals surface area contributed by atoms with E-state index < -0.39 is 5.54 Å². The summed E-state index contributed by atoms with van der Waals surface area (Å²) in [6.07, 6.45) is 12.7. The van der Waals surface area contributed by atoms with Crippen LogP contribution in [0.2, 0.25) is 0 Å². The summed E-state index contributed by atoms with van der Waals surface area (Å²) in [7, 11) is 4.05. The maximum atomic E-state index is 12.8. The molecule has 0 unspecified atom stereocenters. The Labute approximate surface area is 212 Å². The van der Waals surface area contributed by atoms with Gasteiger partial charge in [-0.3, -0.25) is 4.79 Å². The van der Waals surface area contributed by atoms with Gasteiger partial charge in [-0.2, -0.15) is 0 Å². The number of nitrogens with one attached hydrogen (secondary N) is 2. The molecule has 0 atom stereocenters. The fraction of sp³-hybridized carbons (Fsp3) is 0.500. The lowest BCUT2D eigenvalue weighted by Gasteiger charge is -2.33. The first-order valence-corrected chi connectivity index (χ1v) is 13.3. The predicted molar refractivity (Wildman–Crippen MR) is 145 cm³/mol. The lowest BCUT2D eigenvalue weighted by molar-refractivity contribution is 0.0899. The van der Waals surface area contributed by atoms with Crippen molar-refractivity contribution < 1.29 is 4.79 Å². The quantitative estimate of drug-likeness (QED) is 0.457. The van der Waals surface area contributed by atoms with Gasteiger partial charge in [0.2, 0.25) is 0 Å². The van der Waals surface area contributed by atoms with E-state index in [1.807, 2.05) is 31.6 Å². The highest BCUT2D eigenvalue weighted by Crippen LogP contribution is 2.32. The van der Waals surface area contributed by atoms with Gasteiger partial charge in [-0.25, -0.2) is 4.98 Å². The Hall–Kier alpha value is -2.63. The van der Waals surface area contributed by atoms with Crippen molar-refractivity contribution in [1.82, 2.24) is 15.2 Å². The highest BCUT2D eigenvalue weighted by atomic mass is 32.1. The zero-order chi connectivity index (χ0) is 24.1. The molecule has 8 heteroatoms. The van der Waals surface area contributed by atoms with Crippen LogP contribution in [0.25, 0.3) is 0 Å². The Morgan fingerprint density at radius 1 is 1.21 bits per heavy atom. The molecule has 1 saturated carbocycles. The molecule has 2 fully saturated rings. The van der Waals surface area contributed by atoms with E-state index in [-0.39, 0.29) is 5.91 Å². The molecule has 4 rings (SSSR count). The number of thiazole rings is 1. The highest BCUT2D eigenvalue weighted by molar-refractivity contribution is 7.80. The number of anilines is 2. The number of nitrogens with zero attached hydrogens (tertiary/aromatic N) is 3. The van der Waals surface area contributed by atoms with Gasteiger partial charge in [0.25, 0.3) is 5.91 Å². The third kappa shape index (κ3) is 5.70. The van der Waals surface area contributed by atoms with Gasteiger partial charge >= 0.3 is 0 Å². The van der Waals surface area contributed by atoms with Crippen LogP contribution < -0.4 is 15.5 Å². The number of aromatic nitrogens is 1. The average molecular weight is 496 g/mol. The van der Waals surface area contributed by atoms with Gasteiger partial charge in [-0.05, 0) is 62.2 Å². The zero-order valence-corrected chi connectivity index (χ0v) is 21.6. The summed E-state index contributed by atoms with van der Waals surface area (Å²) in [5.74, 6) is 3.05. The van der Waals surface area contributed by atoms with Crippen molar-refractivity contribution in [2.45, 2.75) is 56.4 Å². The molecule has 1 aromatic heterocycles. The van der Waals surface area contributed by atoms with Gasteiger partial charge in [-0.1, -0.05) is 25.2 Å². The Kier molecular flexibility index (Phi) is 7.74. The Morgan fingerprint density at radius 2 is 1.88 bits per heavy atom. The van der Waals surface area contributed by atoms with Crippen molar-refractivity contribution in [3.8, 4) is 12.3 Å². The molecule has 34 heavy (non-hydrogen) atoms. The second-order valence-corrected chi connectivity index (χ2v) is 10.7. The van der Waals surface area contributed by atoms with E-state index in [0.717, 1.165) is 73.1 Å². The second-order valence-electron chi connectivity index (χ2n) is 9.44. The number of amides is 1. The number of benzene rings is 1. The van der Waals surface area contributed by atoms with Gasteiger partial charge < -0.3 is 20.4 Å². The topological polar surface area (TPSA) is 60.5 Å². The van der Waals surface area contributed by atoms with Crippen molar-refractivity contribution in [2.24, 2.45) is 0 Å². The molecule has 1 aromatic carbocycles. The van der Waals surface area contributed by atoms with Crippen LogP contribution in [-0.2, 0) is 0 Å². The summed E-state index contributed by atoms with van der Waals surface area (Å²) in [4.78, 5) is 21.8. The standard InChI is InChI=1S/C26H33N5OS2/c1-4-26(14-6-5-7-15-26)29-23(32)22-18-34-24(28-22)19-12-16-31(17-13-19)25(33)27-20-8-10-21(11-9-20)30(2)3/h1,8-11,18-19H,5-7,12-17H2,2-3H3,(H,27,33)(H,29,32). The maximum Gasteiger partial charge on any atom is 0.271 e. The molecule has 2 heterocycles. The smallest absolute Gasteiger partial charge is 0.271 e. The molecule has 0 radical (unpaired) electrons. The molecule has 2 N–H and O–H groups in total. The van der Waals surface area contributed by atoms with Crippen LogP contribution in [0, 0.1) is 12.3 Å². The molecule has 1 amide bonds. The second kappa shape index (κ2) is 10.7. The monoisotopic (exact) mass is 495 g/mol. The minimum absolute atomic E-state index is 0.148.